The molecule has 88 valence electrons. The number of rotatable bonds is 4. The van der Waals surface area contributed by atoms with E-state index >= 15 is 0 Å². The molecule has 0 fully saturated rings. The smallest absolute Gasteiger partial charge is 0.357 e. The molecule has 0 aromatic carbocycles. The molecule has 1 aliphatic carbocycles. The highest BCUT2D eigenvalue weighted by molar-refractivity contribution is 6.30. The van der Waals surface area contributed by atoms with Crippen molar-refractivity contribution in [3.8, 4) is 0 Å². The molecule has 0 aromatic rings. The van der Waals surface area contributed by atoms with Crippen molar-refractivity contribution in [3.63, 3.8) is 0 Å². The molecule has 0 atom stereocenters. The summed E-state index contributed by atoms with van der Waals surface area (Å²) in [5.41, 5.74) is 6.82. The molecule has 6 nitrogen and oxygen atoms in total. The molecule has 0 unspecified atom stereocenters. The van der Waals surface area contributed by atoms with Gasteiger partial charge in [-0.2, -0.15) is 0 Å². The van der Waals surface area contributed by atoms with E-state index < -0.39 is 11.7 Å². The van der Waals surface area contributed by atoms with Gasteiger partial charge >= 0.3 is 5.97 Å². The molecule has 0 radical (unpaired) electrons. The summed E-state index contributed by atoms with van der Waals surface area (Å²) in [7, 11) is 0. The van der Waals surface area contributed by atoms with Gasteiger partial charge in [0.2, 0.25) is 5.88 Å². The minimum absolute atomic E-state index is 0.243. The second-order valence-electron chi connectivity index (χ2n) is 3.00. The quantitative estimate of drug-likeness (QED) is 0.248. The van der Waals surface area contributed by atoms with Gasteiger partial charge in [-0.15, -0.1) is 0 Å². The van der Waals surface area contributed by atoms with Crippen LogP contribution in [0.25, 0.3) is 0 Å². The fourth-order valence-corrected chi connectivity index (χ4v) is 1.28. The number of aliphatic carboxylic acids is 1. The second-order valence-corrected chi connectivity index (χ2v) is 3.46. The van der Waals surface area contributed by atoms with E-state index in [1.54, 1.807) is 6.08 Å². The van der Waals surface area contributed by atoms with Crippen LogP contribution >= 0.6 is 11.6 Å². The van der Waals surface area contributed by atoms with E-state index in [1.165, 1.54) is 0 Å². The van der Waals surface area contributed by atoms with Crippen LogP contribution in [0.1, 0.15) is 12.8 Å². The van der Waals surface area contributed by atoms with Gasteiger partial charge in [-0.1, -0.05) is 17.7 Å². The Kier molecular flexibility index (Phi) is 4.21. The van der Waals surface area contributed by atoms with Crippen LogP contribution in [0, 0.1) is 0 Å². The molecule has 1 rings (SSSR count). The van der Waals surface area contributed by atoms with E-state index in [0.29, 0.717) is 17.2 Å². The van der Waals surface area contributed by atoms with Gasteiger partial charge in [-0.05, 0) is 18.9 Å². The van der Waals surface area contributed by atoms with Gasteiger partial charge in [0, 0.05) is 0 Å². The third-order valence-electron chi connectivity index (χ3n) is 1.89. The normalized spacial score (nSPS) is 16.9. The van der Waals surface area contributed by atoms with E-state index in [-0.39, 0.29) is 5.88 Å². The Hall–Kier alpha value is -1.66. The highest BCUT2D eigenvalue weighted by Gasteiger charge is 2.15. The zero-order chi connectivity index (χ0) is 12.1. The summed E-state index contributed by atoms with van der Waals surface area (Å²) < 4.78 is 5.17. The van der Waals surface area contributed by atoms with Crippen LogP contribution in [0.15, 0.2) is 34.5 Å². The number of hydrogen-bond donors (Lipinski definition) is 4. The zero-order valence-corrected chi connectivity index (χ0v) is 9.12. The Balaban J connectivity index is 2.90. The van der Waals surface area contributed by atoms with Gasteiger partial charge in [0.05, 0.1) is 5.03 Å². The SMILES string of the molecule is NN/C(OC1=C(Cl)CCC=C1)=C(\N)C(=O)O. The summed E-state index contributed by atoms with van der Waals surface area (Å²) in [5.74, 6) is 3.87. The summed E-state index contributed by atoms with van der Waals surface area (Å²) >= 11 is 5.89. The highest BCUT2D eigenvalue weighted by Crippen LogP contribution is 2.24. The first kappa shape index (κ1) is 12.4. The van der Waals surface area contributed by atoms with Crippen molar-refractivity contribution in [1.82, 2.24) is 5.43 Å². The highest BCUT2D eigenvalue weighted by atomic mass is 35.5. The monoisotopic (exact) mass is 245 g/mol. The number of carboxylic acid groups (broad SMARTS) is 1. The summed E-state index contributed by atoms with van der Waals surface area (Å²) in [4.78, 5) is 10.6. The van der Waals surface area contributed by atoms with Crippen LogP contribution < -0.4 is 17.0 Å². The summed E-state index contributed by atoms with van der Waals surface area (Å²) in [5, 5.41) is 9.15. The second kappa shape index (κ2) is 5.43. The molecule has 1 aliphatic rings. The summed E-state index contributed by atoms with van der Waals surface area (Å²) in [6.07, 6.45) is 4.94. The molecule has 7 heteroatoms. The summed E-state index contributed by atoms with van der Waals surface area (Å²) in [6, 6.07) is 0. The largest absolute Gasteiger partial charge is 0.476 e. The van der Waals surface area contributed by atoms with Crippen molar-refractivity contribution < 1.29 is 14.6 Å². The molecule has 0 bridgehead atoms. The lowest BCUT2D eigenvalue weighted by molar-refractivity contribution is -0.133. The number of hydrazine groups is 1. The first-order chi connectivity index (χ1) is 7.56. The van der Waals surface area contributed by atoms with Gasteiger partial charge in [0.25, 0.3) is 0 Å². The van der Waals surface area contributed by atoms with Crippen molar-refractivity contribution in [2.45, 2.75) is 12.8 Å². The Bertz CT molecular complexity index is 387. The van der Waals surface area contributed by atoms with E-state index in [1.807, 2.05) is 6.08 Å². The van der Waals surface area contributed by atoms with Crippen LogP contribution in [0.2, 0.25) is 0 Å². The van der Waals surface area contributed by atoms with E-state index in [9.17, 15) is 4.79 Å². The van der Waals surface area contributed by atoms with Gasteiger partial charge in [0.15, 0.2) is 5.70 Å². The molecule has 6 N–H and O–H groups in total. The van der Waals surface area contributed by atoms with Gasteiger partial charge in [-0.3, -0.25) is 5.43 Å². The average molecular weight is 246 g/mol. The molecular formula is C9H12ClN3O3. The maximum atomic E-state index is 10.6. The Morgan fingerprint density at radius 1 is 1.62 bits per heavy atom. The third-order valence-corrected chi connectivity index (χ3v) is 2.26. The Morgan fingerprint density at radius 2 is 2.31 bits per heavy atom. The molecule has 0 aliphatic heterocycles. The molecular weight excluding hydrogens is 234 g/mol. The van der Waals surface area contributed by atoms with Crippen LogP contribution in [0.3, 0.4) is 0 Å². The fourth-order valence-electron chi connectivity index (χ4n) is 1.07. The minimum atomic E-state index is -1.33. The van der Waals surface area contributed by atoms with Gasteiger partial charge in [-0.25, -0.2) is 10.6 Å². The van der Waals surface area contributed by atoms with Crippen LogP contribution in [-0.2, 0) is 9.53 Å². The molecule has 0 saturated heterocycles. The Morgan fingerprint density at radius 3 is 2.81 bits per heavy atom. The molecule has 0 heterocycles. The Labute approximate surface area is 97.2 Å². The van der Waals surface area contributed by atoms with Crippen molar-refractivity contribution >= 4 is 17.6 Å². The molecule has 0 amide bonds. The predicted octanol–water partition coefficient (Wildman–Crippen LogP) is 0.479. The average Bonchev–Trinajstić information content (AvgIpc) is 2.27. The minimum Gasteiger partial charge on any atom is -0.476 e. The number of allylic oxidation sites excluding steroid dienone is 3. The molecule has 0 saturated carbocycles. The lowest BCUT2D eigenvalue weighted by atomic mass is 10.2. The van der Waals surface area contributed by atoms with Crippen molar-refractivity contribution in [1.29, 1.82) is 0 Å². The standard InChI is InChI=1S/C9H12ClN3O3/c10-5-3-1-2-4-6(5)16-8(13-12)7(11)9(14)15/h2,4,13H,1,3,11-12H2,(H,14,15)/b8-7+. The van der Waals surface area contributed by atoms with Crippen LogP contribution in [0.5, 0.6) is 0 Å². The number of ether oxygens (including phenoxy) is 1. The van der Waals surface area contributed by atoms with Crippen molar-refractivity contribution in [2.75, 3.05) is 0 Å². The van der Waals surface area contributed by atoms with Gasteiger partial charge in [0.1, 0.15) is 5.76 Å². The number of nitrogens with one attached hydrogen (secondary N) is 1. The van der Waals surface area contributed by atoms with Crippen molar-refractivity contribution in [2.24, 2.45) is 11.6 Å². The number of hydrogen-bond acceptors (Lipinski definition) is 5. The lowest BCUT2D eigenvalue weighted by Crippen LogP contribution is -2.29. The van der Waals surface area contributed by atoms with E-state index in [4.69, 9.17) is 33.0 Å². The maximum absolute atomic E-state index is 10.6. The number of carbonyl (C=O) groups is 1. The molecule has 16 heavy (non-hydrogen) atoms. The summed E-state index contributed by atoms with van der Waals surface area (Å²) in [6.45, 7) is 0. The van der Waals surface area contributed by atoms with E-state index in [0.717, 1.165) is 6.42 Å². The first-order valence-electron chi connectivity index (χ1n) is 4.49. The maximum Gasteiger partial charge on any atom is 0.357 e. The lowest BCUT2D eigenvalue weighted by Gasteiger charge is -2.15. The van der Waals surface area contributed by atoms with E-state index in [2.05, 4.69) is 5.43 Å². The topological polar surface area (TPSA) is 111 Å². The van der Waals surface area contributed by atoms with Crippen molar-refractivity contribution in [3.05, 3.63) is 34.5 Å². The molecule has 0 spiro atoms. The van der Waals surface area contributed by atoms with Crippen LogP contribution in [-0.4, -0.2) is 11.1 Å². The zero-order valence-electron chi connectivity index (χ0n) is 8.37. The number of halogens is 1. The first-order valence-corrected chi connectivity index (χ1v) is 4.86. The predicted molar refractivity (Wildman–Crippen MR) is 58.5 cm³/mol. The van der Waals surface area contributed by atoms with Crippen LogP contribution in [0.4, 0.5) is 0 Å². The molecule has 0 aromatic heterocycles. The number of nitrogens with two attached hydrogens (primary N) is 2. The fraction of sp³-hybridized carbons (Fsp3) is 0.222. The third kappa shape index (κ3) is 2.91. The van der Waals surface area contributed by atoms with Gasteiger partial charge < -0.3 is 15.6 Å². The number of carboxylic acids is 1.